The summed E-state index contributed by atoms with van der Waals surface area (Å²) in [5.74, 6) is -1.47. The van der Waals surface area contributed by atoms with Crippen molar-refractivity contribution in [2.24, 2.45) is 5.73 Å². The number of hydrogen-bond donors (Lipinski definition) is 3. The van der Waals surface area contributed by atoms with Gasteiger partial charge in [0.05, 0.1) is 0 Å². The van der Waals surface area contributed by atoms with E-state index in [1.54, 1.807) is 24.3 Å². The van der Waals surface area contributed by atoms with Gasteiger partial charge < -0.3 is 16.4 Å². The molecule has 27 heavy (non-hydrogen) atoms. The molecule has 7 heteroatoms. The fourth-order valence-corrected chi connectivity index (χ4v) is 2.91. The third-order valence-electron chi connectivity index (χ3n) is 3.97. The van der Waals surface area contributed by atoms with E-state index in [1.807, 2.05) is 30.3 Å². The summed E-state index contributed by atoms with van der Waals surface area (Å²) in [5.41, 5.74) is 7.11. The van der Waals surface area contributed by atoms with E-state index in [1.165, 1.54) is 6.92 Å². The smallest absolute Gasteiger partial charge is 0.243 e. The van der Waals surface area contributed by atoms with Gasteiger partial charge in [0.2, 0.25) is 17.7 Å². The van der Waals surface area contributed by atoms with Crippen LogP contribution in [0.4, 0.5) is 0 Å². The highest BCUT2D eigenvalue weighted by atomic mass is 35.5. The summed E-state index contributed by atoms with van der Waals surface area (Å²) in [5, 5.41) is 5.79. The number of nitrogens with two attached hydrogens (primary N) is 1. The third-order valence-corrected chi connectivity index (χ3v) is 4.20. The van der Waals surface area contributed by atoms with Gasteiger partial charge in [0.15, 0.2) is 0 Å². The lowest BCUT2D eigenvalue weighted by Crippen LogP contribution is -2.54. The lowest BCUT2D eigenvalue weighted by Gasteiger charge is -2.22. The van der Waals surface area contributed by atoms with Crippen molar-refractivity contribution in [2.45, 2.75) is 31.8 Å². The van der Waals surface area contributed by atoms with E-state index in [2.05, 4.69) is 10.6 Å². The van der Waals surface area contributed by atoms with Crippen molar-refractivity contribution in [1.82, 2.24) is 10.6 Å². The maximum absolute atomic E-state index is 12.7. The van der Waals surface area contributed by atoms with Gasteiger partial charge >= 0.3 is 0 Å². The van der Waals surface area contributed by atoms with E-state index in [0.717, 1.165) is 11.1 Å². The lowest BCUT2D eigenvalue weighted by molar-refractivity contribution is -0.130. The first-order valence-corrected chi connectivity index (χ1v) is 8.88. The first kappa shape index (κ1) is 20.5. The fourth-order valence-electron chi connectivity index (χ4n) is 2.70. The molecule has 0 aliphatic heterocycles. The fraction of sp³-hybridized carbons (Fsp3) is 0.250. The second kappa shape index (κ2) is 9.73. The molecule has 3 amide bonds. The minimum absolute atomic E-state index is 0.208. The summed E-state index contributed by atoms with van der Waals surface area (Å²) in [6.07, 6.45) is 0.509. The zero-order valence-electron chi connectivity index (χ0n) is 14.9. The van der Waals surface area contributed by atoms with E-state index >= 15 is 0 Å². The molecule has 0 aromatic heterocycles. The SMILES string of the molecule is CC(=O)N[C@H](Cc1ccccc1)C(=O)N[C@H](Cc1cccc(Cl)c1)C(N)=O. The first-order valence-electron chi connectivity index (χ1n) is 8.50. The van der Waals surface area contributed by atoms with Crippen molar-refractivity contribution in [2.75, 3.05) is 0 Å². The van der Waals surface area contributed by atoms with Crippen molar-refractivity contribution in [3.8, 4) is 0 Å². The number of carbonyl (C=O) groups excluding carboxylic acids is 3. The molecule has 142 valence electrons. The van der Waals surface area contributed by atoms with E-state index in [9.17, 15) is 14.4 Å². The summed E-state index contributed by atoms with van der Waals surface area (Å²) in [4.78, 5) is 36.0. The Balaban J connectivity index is 2.11. The topological polar surface area (TPSA) is 101 Å². The Hall–Kier alpha value is -2.86. The maximum atomic E-state index is 12.7. The zero-order valence-corrected chi connectivity index (χ0v) is 15.7. The highest BCUT2D eigenvalue weighted by molar-refractivity contribution is 6.30. The molecule has 0 heterocycles. The molecule has 0 bridgehead atoms. The van der Waals surface area contributed by atoms with Gasteiger partial charge in [-0.3, -0.25) is 14.4 Å². The number of halogens is 1. The van der Waals surface area contributed by atoms with E-state index in [4.69, 9.17) is 17.3 Å². The molecular weight excluding hydrogens is 366 g/mol. The molecule has 2 aromatic rings. The summed E-state index contributed by atoms with van der Waals surface area (Å²) in [6, 6.07) is 14.5. The summed E-state index contributed by atoms with van der Waals surface area (Å²) < 4.78 is 0. The van der Waals surface area contributed by atoms with Crippen molar-refractivity contribution < 1.29 is 14.4 Å². The average molecular weight is 388 g/mol. The lowest BCUT2D eigenvalue weighted by atomic mass is 10.0. The highest BCUT2D eigenvalue weighted by Crippen LogP contribution is 2.12. The van der Waals surface area contributed by atoms with Gasteiger partial charge in [-0.05, 0) is 23.3 Å². The van der Waals surface area contributed by atoms with Gasteiger partial charge in [-0.25, -0.2) is 0 Å². The average Bonchev–Trinajstić information content (AvgIpc) is 2.61. The van der Waals surface area contributed by atoms with Crippen LogP contribution in [0.1, 0.15) is 18.1 Å². The minimum atomic E-state index is -0.914. The normalized spacial score (nSPS) is 12.7. The van der Waals surface area contributed by atoms with Gasteiger partial charge in [0, 0.05) is 24.8 Å². The van der Waals surface area contributed by atoms with Crippen LogP contribution in [0.25, 0.3) is 0 Å². The molecule has 2 atom stereocenters. The zero-order chi connectivity index (χ0) is 19.8. The molecule has 6 nitrogen and oxygen atoms in total. The van der Waals surface area contributed by atoms with Crippen LogP contribution < -0.4 is 16.4 Å². The van der Waals surface area contributed by atoms with Crippen molar-refractivity contribution in [3.63, 3.8) is 0 Å². The van der Waals surface area contributed by atoms with E-state index in [-0.39, 0.29) is 12.3 Å². The molecule has 4 N–H and O–H groups in total. The molecule has 0 saturated heterocycles. The van der Waals surface area contributed by atoms with Gasteiger partial charge in [-0.1, -0.05) is 54.1 Å². The Labute approximate surface area is 163 Å². The summed E-state index contributed by atoms with van der Waals surface area (Å²) >= 11 is 5.96. The van der Waals surface area contributed by atoms with E-state index in [0.29, 0.717) is 11.4 Å². The molecular formula is C20H22ClN3O3. The van der Waals surface area contributed by atoms with Crippen LogP contribution in [0.2, 0.25) is 5.02 Å². The molecule has 0 aliphatic rings. The van der Waals surface area contributed by atoms with Crippen molar-refractivity contribution in [1.29, 1.82) is 0 Å². The summed E-state index contributed by atoms with van der Waals surface area (Å²) in [7, 11) is 0. The third kappa shape index (κ3) is 6.75. The number of primary amides is 1. The van der Waals surface area contributed by atoms with Crippen LogP contribution in [-0.2, 0) is 27.2 Å². The molecule has 0 unspecified atom stereocenters. The van der Waals surface area contributed by atoms with Gasteiger partial charge in [-0.2, -0.15) is 0 Å². The highest BCUT2D eigenvalue weighted by Gasteiger charge is 2.25. The van der Waals surface area contributed by atoms with Crippen LogP contribution >= 0.6 is 11.6 Å². The minimum Gasteiger partial charge on any atom is -0.368 e. The first-order chi connectivity index (χ1) is 12.8. The second-order valence-corrected chi connectivity index (χ2v) is 6.68. The quantitative estimate of drug-likeness (QED) is 0.641. The Bertz CT molecular complexity index is 811. The van der Waals surface area contributed by atoms with Crippen LogP contribution in [-0.4, -0.2) is 29.8 Å². The Morgan fingerprint density at radius 1 is 0.926 bits per heavy atom. The Morgan fingerprint density at radius 3 is 2.15 bits per heavy atom. The molecule has 0 spiro atoms. The molecule has 0 fully saturated rings. The van der Waals surface area contributed by atoms with Gasteiger partial charge in [0.25, 0.3) is 0 Å². The predicted octanol–water partition coefficient (Wildman–Crippen LogP) is 1.60. The molecule has 2 aromatic carbocycles. The van der Waals surface area contributed by atoms with Crippen LogP contribution in [0.3, 0.4) is 0 Å². The maximum Gasteiger partial charge on any atom is 0.243 e. The van der Waals surface area contributed by atoms with Crippen molar-refractivity contribution >= 4 is 29.3 Å². The number of amides is 3. The van der Waals surface area contributed by atoms with Crippen molar-refractivity contribution in [3.05, 3.63) is 70.7 Å². The largest absolute Gasteiger partial charge is 0.368 e. The number of benzene rings is 2. The number of carbonyl (C=O) groups is 3. The van der Waals surface area contributed by atoms with Crippen LogP contribution in [0.15, 0.2) is 54.6 Å². The number of hydrogen-bond acceptors (Lipinski definition) is 3. The molecule has 0 radical (unpaired) electrons. The summed E-state index contributed by atoms with van der Waals surface area (Å²) in [6.45, 7) is 1.34. The number of nitrogens with one attached hydrogen (secondary N) is 2. The number of rotatable bonds is 8. The Morgan fingerprint density at radius 2 is 1.56 bits per heavy atom. The van der Waals surface area contributed by atoms with E-state index < -0.39 is 23.9 Å². The van der Waals surface area contributed by atoms with Crippen LogP contribution in [0.5, 0.6) is 0 Å². The molecule has 0 aliphatic carbocycles. The predicted molar refractivity (Wildman–Crippen MR) is 104 cm³/mol. The Kier molecular flexibility index (Phi) is 7.37. The monoisotopic (exact) mass is 387 g/mol. The van der Waals surface area contributed by atoms with Gasteiger partial charge in [-0.15, -0.1) is 0 Å². The van der Waals surface area contributed by atoms with Gasteiger partial charge in [0.1, 0.15) is 12.1 Å². The molecule has 0 saturated carbocycles. The molecule has 2 rings (SSSR count). The second-order valence-electron chi connectivity index (χ2n) is 6.24. The van der Waals surface area contributed by atoms with Crippen LogP contribution in [0, 0.1) is 0 Å². The standard InChI is InChI=1S/C20H22ClN3O3/c1-13(25)23-18(11-14-6-3-2-4-7-14)20(27)24-17(19(22)26)12-15-8-5-9-16(21)10-15/h2-10,17-18H,11-12H2,1H3,(H2,22,26)(H,23,25)(H,24,27)/t17-,18-/m1/s1.